The Hall–Kier alpha value is -1.66. The molecule has 2 unspecified atom stereocenters. The van der Waals surface area contributed by atoms with Gasteiger partial charge in [-0.15, -0.1) is 0 Å². The van der Waals surface area contributed by atoms with Gasteiger partial charge in [-0.2, -0.15) is 0 Å². The molecular formula is C81H157NO5. The zero-order valence-electron chi connectivity index (χ0n) is 59.3. The molecule has 0 aliphatic carbocycles. The molecule has 0 rings (SSSR count). The Labute approximate surface area is 545 Å². The third-order valence-corrected chi connectivity index (χ3v) is 19.0. The summed E-state index contributed by atoms with van der Waals surface area (Å²) in [5.41, 5.74) is 0. The molecule has 0 aromatic rings. The van der Waals surface area contributed by atoms with Crippen molar-refractivity contribution in [2.75, 3.05) is 13.2 Å². The highest BCUT2D eigenvalue weighted by atomic mass is 16.5. The van der Waals surface area contributed by atoms with Crippen molar-refractivity contribution in [2.45, 2.75) is 469 Å². The molecule has 0 saturated carbocycles. The summed E-state index contributed by atoms with van der Waals surface area (Å²) in [5.74, 6) is -0.0154. The Balaban J connectivity index is 3.37. The van der Waals surface area contributed by atoms with Gasteiger partial charge in [0.2, 0.25) is 5.91 Å². The molecule has 2 atom stereocenters. The minimum Gasteiger partial charge on any atom is -0.466 e. The molecule has 0 spiro atoms. The normalized spacial score (nSPS) is 12.6. The van der Waals surface area contributed by atoms with Gasteiger partial charge in [-0.1, -0.05) is 391 Å². The van der Waals surface area contributed by atoms with Crippen LogP contribution in [-0.4, -0.2) is 47.4 Å². The summed E-state index contributed by atoms with van der Waals surface area (Å²) < 4.78 is 5.51. The summed E-state index contributed by atoms with van der Waals surface area (Å²) >= 11 is 0. The fraction of sp³-hybridized carbons (Fsp3) is 0.926. The van der Waals surface area contributed by atoms with Crippen LogP contribution in [0.4, 0.5) is 0 Å². The Morgan fingerprint density at radius 3 is 0.816 bits per heavy atom. The third-order valence-electron chi connectivity index (χ3n) is 19.0. The summed E-state index contributed by atoms with van der Waals surface area (Å²) in [5, 5.41) is 23.5. The maximum absolute atomic E-state index is 12.6. The zero-order chi connectivity index (χ0) is 62.8. The first-order valence-corrected chi connectivity index (χ1v) is 40.1. The van der Waals surface area contributed by atoms with Crippen LogP contribution in [0.25, 0.3) is 0 Å². The van der Waals surface area contributed by atoms with Crippen molar-refractivity contribution in [1.29, 1.82) is 0 Å². The second-order valence-electron chi connectivity index (χ2n) is 27.7. The number of hydrogen-bond donors (Lipinski definition) is 3. The van der Waals surface area contributed by atoms with Crippen LogP contribution in [-0.2, 0) is 14.3 Å². The summed E-state index contributed by atoms with van der Waals surface area (Å²) in [6, 6.07) is -0.543. The van der Waals surface area contributed by atoms with Gasteiger partial charge in [-0.25, -0.2) is 0 Å². The van der Waals surface area contributed by atoms with Crippen LogP contribution in [0.2, 0.25) is 0 Å². The summed E-state index contributed by atoms with van der Waals surface area (Å²) in [7, 11) is 0. The quantitative estimate of drug-likeness (QED) is 0.0320. The highest BCUT2D eigenvalue weighted by Crippen LogP contribution is 2.20. The van der Waals surface area contributed by atoms with E-state index in [-0.39, 0.29) is 18.5 Å². The predicted octanol–water partition coefficient (Wildman–Crippen LogP) is 26.4. The highest BCUT2D eigenvalue weighted by molar-refractivity contribution is 5.76. The number of allylic oxidation sites excluding steroid dienone is 4. The minimum atomic E-state index is -0.666. The van der Waals surface area contributed by atoms with Crippen LogP contribution >= 0.6 is 0 Å². The number of esters is 1. The van der Waals surface area contributed by atoms with Gasteiger partial charge in [0, 0.05) is 12.8 Å². The lowest BCUT2D eigenvalue weighted by atomic mass is 10.0. The number of ether oxygens (including phenoxy) is 1. The van der Waals surface area contributed by atoms with Gasteiger partial charge in [0.05, 0.1) is 25.4 Å². The van der Waals surface area contributed by atoms with E-state index in [1.807, 2.05) is 0 Å². The lowest BCUT2D eigenvalue weighted by Crippen LogP contribution is -2.45. The highest BCUT2D eigenvalue weighted by Gasteiger charge is 2.20. The molecular weight excluding hydrogens is 1070 g/mol. The van der Waals surface area contributed by atoms with E-state index in [4.69, 9.17) is 4.74 Å². The smallest absolute Gasteiger partial charge is 0.305 e. The molecule has 0 aliphatic rings. The van der Waals surface area contributed by atoms with E-state index in [0.29, 0.717) is 25.9 Å². The molecule has 87 heavy (non-hydrogen) atoms. The van der Waals surface area contributed by atoms with Crippen molar-refractivity contribution in [3.8, 4) is 0 Å². The maximum Gasteiger partial charge on any atom is 0.305 e. The second-order valence-corrected chi connectivity index (χ2v) is 27.7. The van der Waals surface area contributed by atoms with Crippen LogP contribution in [0.1, 0.15) is 457 Å². The van der Waals surface area contributed by atoms with Gasteiger partial charge >= 0.3 is 5.97 Å². The maximum atomic E-state index is 12.6. The molecule has 0 fully saturated rings. The Kier molecular flexibility index (Phi) is 75.3. The first-order valence-electron chi connectivity index (χ1n) is 40.1. The number of carbonyl (C=O) groups excluding carboxylic acids is 2. The zero-order valence-corrected chi connectivity index (χ0v) is 59.3. The van der Waals surface area contributed by atoms with Crippen LogP contribution in [0.3, 0.4) is 0 Å². The van der Waals surface area contributed by atoms with Gasteiger partial charge in [0.15, 0.2) is 0 Å². The van der Waals surface area contributed by atoms with Crippen molar-refractivity contribution in [2.24, 2.45) is 0 Å². The largest absolute Gasteiger partial charge is 0.466 e. The number of aliphatic hydroxyl groups excluding tert-OH is 2. The Morgan fingerprint density at radius 2 is 0.540 bits per heavy atom. The minimum absolute atomic E-state index is 0.0137. The van der Waals surface area contributed by atoms with Crippen molar-refractivity contribution in [3.05, 3.63) is 24.3 Å². The number of amides is 1. The number of rotatable bonds is 76. The van der Waals surface area contributed by atoms with Crippen molar-refractivity contribution < 1.29 is 24.5 Å². The summed E-state index contributed by atoms with van der Waals surface area (Å²) in [4.78, 5) is 24.7. The van der Waals surface area contributed by atoms with Gasteiger partial charge in [-0.05, 0) is 77.0 Å². The average molecular weight is 1230 g/mol. The van der Waals surface area contributed by atoms with Crippen molar-refractivity contribution in [3.63, 3.8) is 0 Å². The average Bonchev–Trinajstić information content (AvgIpc) is 3.53. The molecule has 6 nitrogen and oxygen atoms in total. The van der Waals surface area contributed by atoms with Gasteiger partial charge in [-0.3, -0.25) is 9.59 Å². The fourth-order valence-electron chi connectivity index (χ4n) is 12.9. The van der Waals surface area contributed by atoms with E-state index in [2.05, 4.69) is 43.5 Å². The standard InChI is InChI=1S/C81H157NO5/c1-3-5-7-9-11-13-15-17-19-21-22-23-24-29-32-35-38-42-45-49-53-57-61-65-69-73-79(84)78(77-83)82-80(85)74-70-66-62-58-54-50-46-43-39-36-33-30-27-25-26-28-31-34-37-40-44-48-52-56-60-64-68-72-76-87-81(86)75-71-67-63-59-55-51-47-41-20-18-16-14-12-10-8-6-4-2/h18,20,25-26,78-79,83-84H,3-17,19,21-24,27-77H2,1-2H3,(H,82,85)/b20-18-,26-25-. The fourth-order valence-corrected chi connectivity index (χ4v) is 12.9. The molecule has 0 radical (unpaired) electrons. The third kappa shape index (κ3) is 73.3. The van der Waals surface area contributed by atoms with E-state index < -0.39 is 12.1 Å². The van der Waals surface area contributed by atoms with E-state index in [0.717, 1.165) is 44.9 Å². The molecule has 516 valence electrons. The summed E-state index contributed by atoms with van der Waals surface area (Å²) in [6.45, 7) is 5.00. The van der Waals surface area contributed by atoms with E-state index in [9.17, 15) is 19.8 Å². The molecule has 6 heteroatoms. The van der Waals surface area contributed by atoms with Gasteiger partial charge in [0.1, 0.15) is 0 Å². The number of aliphatic hydroxyl groups is 2. The SMILES string of the molecule is CCCCCCCC/C=C\CCCCCCCCCC(=O)OCCCCCCCCCCCCCC/C=C\CCCCCCCCCCCCCCC(=O)NC(CO)C(O)CCCCCCCCCCCCCCCCCCCCCCCCCCC. The van der Waals surface area contributed by atoms with Crippen LogP contribution in [0, 0.1) is 0 Å². The summed E-state index contributed by atoms with van der Waals surface area (Å²) in [6.07, 6.45) is 98.4. The van der Waals surface area contributed by atoms with Crippen LogP contribution in [0.5, 0.6) is 0 Å². The molecule has 0 aliphatic heterocycles. The Morgan fingerprint density at radius 1 is 0.310 bits per heavy atom. The first-order chi connectivity index (χ1) is 43.0. The second kappa shape index (κ2) is 76.8. The molecule has 0 bridgehead atoms. The van der Waals surface area contributed by atoms with E-state index in [1.54, 1.807) is 0 Å². The molecule has 0 aromatic carbocycles. The molecule has 1 amide bonds. The molecule has 0 aromatic heterocycles. The van der Waals surface area contributed by atoms with Crippen molar-refractivity contribution >= 4 is 11.9 Å². The lowest BCUT2D eigenvalue weighted by Gasteiger charge is -2.22. The van der Waals surface area contributed by atoms with Crippen molar-refractivity contribution in [1.82, 2.24) is 5.32 Å². The lowest BCUT2D eigenvalue weighted by molar-refractivity contribution is -0.143. The predicted molar refractivity (Wildman–Crippen MR) is 384 cm³/mol. The monoisotopic (exact) mass is 1220 g/mol. The number of hydrogen-bond acceptors (Lipinski definition) is 5. The number of carbonyl (C=O) groups is 2. The molecule has 0 heterocycles. The van der Waals surface area contributed by atoms with Crippen LogP contribution in [0.15, 0.2) is 24.3 Å². The van der Waals surface area contributed by atoms with Gasteiger partial charge in [0.25, 0.3) is 0 Å². The van der Waals surface area contributed by atoms with E-state index >= 15 is 0 Å². The first kappa shape index (κ1) is 85.3. The van der Waals surface area contributed by atoms with Gasteiger partial charge < -0.3 is 20.3 Å². The number of unbranched alkanes of at least 4 members (excludes halogenated alkanes) is 61. The Bertz CT molecular complexity index is 1360. The van der Waals surface area contributed by atoms with Crippen LogP contribution < -0.4 is 5.32 Å². The topological polar surface area (TPSA) is 95.9 Å². The molecule has 3 N–H and O–H groups in total. The molecule has 0 saturated heterocycles. The number of nitrogens with one attached hydrogen (secondary N) is 1. The van der Waals surface area contributed by atoms with E-state index in [1.165, 1.54) is 379 Å².